The summed E-state index contributed by atoms with van der Waals surface area (Å²) in [7, 11) is 1.17. The van der Waals surface area contributed by atoms with Crippen molar-refractivity contribution in [2.75, 3.05) is 13.7 Å². The Kier molecular flexibility index (Phi) is 8.83. The van der Waals surface area contributed by atoms with Crippen LogP contribution in [0.2, 0.25) is 0 Å². The van der Waals surface area contributed by atoms with Gasteiger partial charge in [0.2, 0.25) is 4.93 Å². The largest absolute Gasteiger partial charge is 0.466 e. The molecule has 1 aromatic rings. The van der Waals surface area contributed by atoms with Crippen LogP contribution in [0.25, 0.3) is 0 Å². The molecule has 1 saturated heterocycles. The fourth-order valence-corrected chi connectivity index (χ4v) is 4.56. The highest BCUT2D eigenvalue weighted by atomic mass is 32.2. The highest BCUT2D eigenvalue weighted by Crippen LogP contribution is 2.44. The molecule has 0 radical (unpaired) electrons. The summed E-state index contributed by atoms with van der Waals surface area (Å²) in [6.07, 6.45) is -5.50. The van der Waals surface area contributed by atoms with Crippen molar-refractivity contribution in [2.24, 2.45) is 5.73 Å². The Balaban J connectivity index is 2.48. The second-order valence-electron chi connectivity index (χ2n) is 7.00. The van der Waals surface area contributed by atoms with Crippen LogP contribution in [0.3, 0.4) is 0 Å². The molecule has 31 heavy (non-hydrogen) atoms. The topological polar surface area (TPSA) is 155 Å². The lowest BCUT2D eigenvalue weighted by atomic mass is 9.90. The normalized spacial score (nSPS) is 27.6. The van der Waals surface area contributed by atoms with Crippen molar-refractivity contribution in [1.29, 1.82) is 0 Å². The van der Waals surface area contributed by atoms with Gasteiger partial charge in [0.1, 0.15) is 6.10 Å². The molecule has 0 aromatic heterocycles. The smallest absolute Gasteiger partial charge is 0.349 e. The number of hydrogen-bond donors (Lipinski definition) is 3. The molecule has 0 bridgehead atoms. The fraction of sp³-hybridized carbons (Fsp3) is 0.550. The highest BCUT2D eigenvalue weighted by molar-refractivity contribution is 8.01. The maximum Gasteiger partial charge on any atom is 0.349 e. The predicted molar refractivity (Wildman–Crippen MR) is 109 cm³/mol. The third-order valence-corrected chi connectivity index (χ3v) is 5.91. The number of ether oxygens (including phenoxy) is 4. The number of carbonyl (C=O) groups excluding carboxylic acids is 3. The van der Waals surface area contributed by atoms with E-state index in [4.69, 9.17) is 24.7 Å². The van der Waals surface area contributed by atoms with E-state index in [0.29, 0.717) is 4.90 Å². The van der Waals surface area contributed by atoms with E-state index < -0.39 is 59.9 Å². The third kappa shape index (κ3) is 6.17. The zero-order chi connectivity index (χ0) is 23.2. The number of rotatable bonds is 8. The van der Waals surface area contributed by atoms with Gasteiger partial charge in [-0.3, -0.25) is 9.59 Å². The average molecular weight is 458 g/mol. The highest BCUT2D eigenvalue weighted by Gasteiger charge is 2.56. The Morgan fingerprint density at radius 2 is 1.84 bits per heavy atom. The Labute approximate surface area is 184 Å². The fourth-order valence-electron chi connectivity index (χ4n) is 3.30. The van der Waals surface area contributed by atoms with Gasteiger partial charge in [0.15, 0.2) is 12.2 Å². The monoisotopic (exact) mass is 457 g/mol. The van der Waals surface area contributed by atoms with Crippen LogP contribution in [0.15, 0.2) is 35.2 Å². The SMILES string of the molecule is COC(=O)C1(Sc2ccccc2)CC(O)[C@@H](N)C([C@H](OC(C)=O)[C@@H](CO)OC(C)=O)O1. The van der Waals surface area contributed by atoms with E-state index in [1.54, 1.807) is 30.3 Å². The second kappa shape index (κ2) is 10.9. The Morgan fingerprint density at radius 1 is 1.23 bits per heavy atom. The summed E-state index contributed by atoms with van der Waals surface area (Å²) in [4.78, 5) is 34.9. The van der Waals surface area contributed by atoms with Gasteiger partial charge in [0.05, 0.1) is 25.9 Å². The minimum absolute atomic E-state index is 0.207. The summed E-state index contributed by atoms with van der Waals surface area (Å²) in [6.45, 7) is 1.53. The van der Waals surface area contributed by atoms with Crippen LogP contribution in [-0.2, 0) is 33.3 Å². The first-order valence-electron chi connectivity index (χ1n) is 9.52. The number of methoxy groups -OCH3 is 1. The molecule has 1 aromatic carbocycles. The summed E-state index contributed by atoms with van der Waals surface area (Å²) < 4.78 is 21.3. The van der Waals surface area contributed by atoms with Gasteiger partial charge in [-0.2, -0.15) is 0 Å². The lowest BCUT2D eigenvalue weighted by molar-refractivity contribution is -0.216. The van der Waals surface area contributed by atoms with Crippen LogP contribution in [0.4, 0.5) is 0 Å². The molecule has 1 fully saturated rings. The van der Waals surface area contributed by atoms with Crippen molar-refractivity contribution >= 4 is 29.7 Å². The quantitative estimate of drug-likeness (QED) is 0.356. The number of thioether (sulfide) groups is 1. The molecule has 1 heterocycles. The van der Waals surface area contributed by atoms with Crippen LogP contribution in [0, 0.1) is 0 Å². The Hall–Kier alpha value is -2.18. The van der Waals surface area contributed by atoms with Crippen LogP contribution in [0.5, 0.6) is 0 Å². The van der Waals surface area contributed by atoms with Crippen molar-refractivity contribution in [2.45, 2.75) is 60.6 Å². The standard InChI is InChI=1S/C20H27NO9S/c1-11(23)28-15(10-22)17(29-12(2)24)18-16(21)14(25)9-20(30-18,19(26)27-3)31-13-7-5-4-6-8-13/h4-8,14-18,22,25H,9-10,21H2,1-3H3/t14?,15-,16-,17-,18?,20?/m1/s1. The average Bonchev–Trinajstić information content (AvgIpc) is 2.73. The number of aliphatic hydroxyl groups is 2. The maximum absolute atomic E-state index is 12.8. The van der Waals surface area contributed by atoms with Crippen molar-refractivity contribution in [1.82, 2.24) is 0 Å². The summed E-state index contributed by atoms with van der Waals surface area (Å²) in [5, 5.41) is 20.4. The van der Waals surface area contributed by atoms with E-state index >= 15 is 0 Å². The molecule has 11 heteroatoms. The van der Waals surface area contributed by atoms with E-state index in [0.717, 1.165) is 25.6 Å². The lowest BCUT2D eigenvalue weighted by Gasteiger charge is -2.46. The molecule has 1 aliphatic heterocycles. The zero-order valence-electron chi connectivity index (χ0n) is 17.4. The molecular formula is C20H27NO9S. The van der Waals surface area contributed by atoms with E-state index in [9.17, 15) is 24.6 Å². The molecule has 6 atom stereocenters. The molecular weight excluding hydrogens is 430 g/mol. The molecule has 0 spiro atoms. The van der Waals surface area contributed by atoms with Gasteiger partial charge in [-0.25, -0.2) is 4.79 Å². The molecule has 4 N–H and O–H groups in total. The summed E-state index contributed by atoms with van der Waals surface area (Å²) in [6, 6.07) is 7.69. The van der Waals surface area contributed by atoms with E-state index in [1.807, 2.05) is 0 Å². The van der Waals surface area contributed by atoms with Crippen molar-refractivity contribution in [3.05, 3.63) is 30.3 Å². The predicted octanol–water partition coefficient (Wildman–Crippen LogP) is -0.0192. The van der Waals surface area contributed by atoms with Gasteiger partial charge in [-0.15, -0.1) is 0 Å². The van der Waals surface area contributed by atoms with Gasteiger partial charge < -0.3 is 34.9 Å². The van der Waals surface area contributed by atoms with E-state index in [-0.39, 0.29) is 6.42 Å². The number of carbonyl (C=O) groups is 3. The first-order chi connectivity index (χ1) is 14.6. The minimum Gasteiger partial charge on any atom is -0.466 e. The molecule has 0 amide bonds. The van der Waals surface area contributed by atoms with Crippen molar-refractivity contribution in [3.8, 4) is 0 Å². The Morgan fingerprint density at radius 3 is 2.35 bits per heavy atom. The molecule has 0 saturated carbocycles. The van der Waals surface area contributed by atoms with Gasteiger partial charge >= 0.3 is 17.9 Å². The number of hydrogen-bond acceptors (Lipinski definition) is 11. The maximum atomic E-state index is 12.8. The van der Waals surface area contributed by atoms with Crippen LogP contribution < -0.4 is 5.73 Å². The molecule has 0 aliphatic carbocycles. The van der Waals surface area contributed by atoms with Crippen molar-refractivity contribution in [3.63, 3.8) is 0 Å². The second-order valence-corrected chi connectivity index (χ2v) is 8.33. The molecule has 172 valence electrons. The van der Waals surface area contributed by atoms with Crippen LogP contribution in [0.1, 0.15) is 20.3 Å². The van der Waals surface area contributed by atoms with Gasteiger partial charge in [-0.05, 0) is 12.1 Å². The summed E-state index contributed by atoms with van der Waals surface area (Å²) in [5.41, 5.74) is 6.13. The first kappa shape index (κ1) is 25.1. The van der Waals surface area contributed by atoms with Crippen molar-refractivity contribution < 1.29 is 43.5 Å². The molecule has 2 rings (SSSR count). The van der Waals surface area contributed by atoms with Crippen LogP contribution in [-0.4, -0.2) is 77.2 Å². The zero-order valence-corrected chi connectivity index (χ0v) is 18.2. The molecule has 1 aliphatic rings. The summed E-state index contributed by atoms with van der Waals surface area (Å²) in [5.74, 6) is -2.28. The Bertz CT molecular complexity index is 777. The number of esters is 3. The van der Waals surface area contributed by atoms with Crippen LogP contribution >= 0.6 is 11.8 Å². The minimum atomic E-state index is -1.73. The lowest BCUT2D eigenvalue weighted by Crippen LogP contribution is -2.65. The third-order valence-electron chi connectivity index (χ3n) is 4.64. The van der Waals surface area contributed by atoms with E-state index in [2.05, 4.69) is 0 Å². The molecule has 10 nitrogen and oxygen atoms in total. The summed E-state index contributed by atoms with van der Waals surface area (Å²) >= 11 is 1.00. The van der Waals surface area contributed by atoms with Gasteiger partial charge in [0, 0.05) is 25.2 Å². The number of benzene rings is 1. The first-order valence-corrected chi connectivity index (χ1v) is 10.3. The number of aliphatic hydroxyl groups excluding tert-OH is 2. The number of nitrogens with two attached hydrogens (primary N) is 1. The molecule has 3 unspecified atom stereocenters. The van der Waals surface area contributed by atoms with Gasteiger partial charge in [0.25, 0.3) is 0 Å². The van der Waals surface area contributed by atoms with Gasteiger partial charge in [-0.1, -0.05) is 30.0 Å². The van der Waals surface area contributed by atoms with E-state index in [1.165, 1.54) is 7.11 Å².